The summed E-state index contributed by atoms with van der Waals surface area (Å²) < 4.78 is 3.44. The first kappa shape index (κ1) is 21.8. The van der Waals surface area contributed by atoms with E-state index in [2.05, 4.69) is 57.2 Å². The van der Waals surface area contributed by atoms with Crippen LogP contribution in [0.3, 0.4) is 0 Å². The molecule has 1 amide bonds. The van der Waals surface area contributed by atoms with E-state index in [0.29, 0.717) is 17.6 Å². The molecule has 4 aromatic rings. The van der Waals surface area contributed by atoms with Crippen molar-refractivity contribution in [2.45, 2.75) is 49.2 Å². The molecule has 1 saturated carbocycles. The summed E-state index contributed by atoms with van der Waals surface area (Å²) in [6.07, 6.45) is 4.47. The Balaban J connectivity index is 1.13. The number of nitrogens with zero attached hydrogens (tertiary/aromatic N) is 5. The Kier molecular flexibility index (Phi) is 6.09. The smallest absolute Gasteiger partial charge is 0.233 e. The Hall–Kier alpha value is -2.71. The number of likely N-dealkylation sites (tertiary alicyclic amines) is 1. The number of amides is 1. The average Bonchev–Trinajstić information content (AvgIpc) is 3.50. The lowest BCUT2D eigenvalue weighted by atomic mass is 9.99. The minimum absolute atomic E-state index is 0.179. The maximum atomic E-state index is 13.2. The van der Waals surface area contributed by atoms with Gasteiger partial charge in [-0.1, -0.05) is 54.2 Å². The van der Waals surface area contributed by atoms with Crippen LogP contribution in [0.1, 0.15) is 53.9 Å². The molecule has 2 aromatic carbocycles. The number of aromatic nitrogens is 4. The van der Waals surface area contributed by atoms with Gasteiger partial charge in [0.2, 0.25) is 5.91 Å². The number of rotatable bonds is 7. The van der Waals surface area contributed by atoms with E-state index in [1.54, 1.807) is 11.3 Å². The van der Waals surface area contributed by atoms with Crippen molar-refractivity contribution in [2.75, 3.05) is 18.8 Å². The molecule has 1 saturated heterocycles. The fourth-order valence-electron chi connectivity index (χ4n) is 4.65. The molecule has 0 bridgehead atoms. The van der Waals surface area contributed by atoms with Gasteiger partial charge in [-0.05, 0) is 43.4 Å². The summed E-state index contributed by atoms with van der Waals surface area (Å²) in [4.78, 5) is 20.0. The molecule has 2 aromatic heterocycles. The summed E-state index contributed by atoms with van der Waals surface area (Å²) in [6, 6.07) is 18.7. The summed E-state index contributed by atoms with van der Waals surface area (Å²) in [5, 5.41) is 11.0. The SMILES string of the molecule is O=C(CSc1nnc(C2CC2)n1Cc1ccccc1)N1CCC[C@@H](c2nc3ccccc3s2)C1. The van der Waals surface area contributed by atoms with E-state index in [-0.39, 0.29) is 5.91 Å². The van der Waals surface area contributed by atoms with Gasteiger partial charge >= 0.3 is 0 Å². The Bertz CT molecular complexity index is 1260. The van der Waals surface area contributed by atoms with E-state index < -0.39 is 0 Å². The highest BCUT2D eigenvalue weighted by molar-refractivity contribution is 7.99. The van der Waals surface area contributed by atoms with E-state index >= 15 is 0 Å². The molecule has 1 aliphatic carbocycles. The van der Waals surface area contributed by atoms with Gasteiger partial charge in [0.15, 0.2) is 5.16 Å². The zero-order chi connectivity index (χ0) is 22.9. The van der Waals surface area contributed by atoms with Crippen LogP contribution in [0.25, 0.3) is 10.2 Å². The number of thiazole rings is 1. The molecule has 6 nitrogen and oxygen atoms in total. The molecule has 34 heavy (non-hydrogen) atoms. The monoisotopic (exact) mass is 489 g/mol. The van der Waals surface area contributed by atoms with Crippen molar-refractivity contribution >= 4 is 39.2 Å². The second kappa shape index (κ2) is 9.50. The van der Waals surface area contributed by atoms with Crippen LogP contribution < -0.4 is 0 Å². The third-order valence-electron chi connectivity index (χ3n) is 6.63. The zero-order valence-corrected chi connectivity index (χ0v) is 20.6. The summed E-state index contributed by atoms with van der Waals surface area (Å²) >= 11 is 3.29. The molecule has 2 fully saturated rings. The van der Waals surface area contributed by atoms with E-state index in [9.17, 15) is 4.79 Å². The molecule has 6 rings (SSSR count). The molecule has 174 valence electrons. The number of piperidine rings is 1. The molecular formula is C26H27N5OS2. The van der Waals surface area contributed by atoms with Crippen LogP contribution in [0.4, 0.5) is 0 Å². The zero-order valence-electron chi connectivity index (χ0n) is 19.0. The van der Waals surface area contributed by atoms with Crippen molar-refractivity contribution < 1.29 is 4.79 Å². The number of benzene rings is 2. The van der Waals surface area contributed by atoms with Crippen molar-refractivity contribution in [2.24, 2.45) is 0 Å². The second-order valence-corrected chi connectivity index (χ2v) is 11.2. The summed E-state index contributed by atoms with van der Waals surface area (Å²) in [7, 11) is 0. The molecule has 1 aliphatic heterocycles. The number of hydrogen-bond donors (Lipinski definition) is 0. The van der Waals surface area contributed by atoms with Crippen LogP contribution in [-0.2, 0) is 11.3 Å². The lowest BCUT2D eigenvalue weighted by Gasteiger charge is -2.31. The summed E-state index contributed by atoms with van der Waals surface area (Å²) in [5.74, 6) is 2.47. The van der Waals surface area contributed by atoms with E-state index in [4.69, 9.17) is 4.98 Å². The van der Waals surface area contributed by atoms with E-state index in [1.807, 2.05) is 17.0 Å². The Morgan fingerprint density at radius 1 is 1.00 bits per heavy atom. The van der Waals surface area contributed by atoms with Gasteiger partial charge in [0.1, 0.15) is 5.82 Å². The predicted octanol–water partition coefficient (Wildman–Crippen LogP) is 5.31. The topological polar surface area (TPSA) is 63.9 Å². The quantitative estimate of drug-likeness (QED) is 0.329. The van der Waals surface area contributed by atoms with Crippen LogP contribution in [0.5, 0.6) is 0 Å². The molecule has 8 heteroatoms. The van der Waals surface area contributed by atoms with Crippen molar-refractivity contribution in [3.05, 3.63) is 71.0 Å². The number of thioether (sulfide) groups is 1. The van der Waals surface area contributed by atoms with Gasteiger partial charge in [0, 0.05) is 24.9 Å². The normalized spacial score (nSPS) is 18.5. The molecule has 2 aliphatic rings. The Morgan fingerprint density at radius 2 is 1.82 bits per heavy atom. The maximum absolute atomic E-state index is 13.2. The Labute approximate surface area is 207 Å². The number of fused-ring (bicyclic) bond motifs is 1. The predicted molar refractivity (Wildman–Crippen MR) is 136 cm³/mol. The van der Waals surface area contributed by atoms with Crippen molar-refractivity contribution in [3.63, 3.8) is 0 Å². The first-order chi connectivity index (χ1) is 16.7. The highest BCUT2D eigenvalue weighted by Gasteiger charge is 2.31. The third kappa shape index (κ3) is 4.61. The number of hydrogen-bond acceptors (Lipinski definition) is 6. The molecule has 0 unspecified atom stereocenters. The second-order valence-electron chi connectivity index (χ2n) is 9.17. The van der Waals surface area contributed by atoms with Crippen LogP contribution in [0, 0.1) is 0 Å². The summed E-state index contributed by atoms with van der Waals surface area (Å²) in [5.41, 5.74) is 2.29. The molecule has 0 N–H and O–H groups in total. The van der Waals surface area contributed by atoms with E-state index in [1.165, 1.54) is 34.9 Å². The van der Waals surface area contributed by atoms with E-state index in [0.717, 1.165) is 54.0 Å². The number of para-hydroxylation sites is 1. The highest BCUT2D eigenvalue weighted by Crippen LogP contribution is 2.40. The van der Waals surface area contributed by atoms with Crippen molar-refractivity contribution in [1.82, 2.24) is 24.6 Å². The molecule has 1 atom stereocenters. The standard InChI is InChI=1S/C26H27N5OS2/c32-23(30-14-6-9-20(16-30)25-27-21-10-4-5-11-22(21)34-25)17-33-26-29-28-24(19-12-13-19)31(26)15-18-7-2-1-3-8-18/h1-5,7-8,10-11,19-20H,6,9,12-17H2/t20-/m1/s1. The molecule has 3 heterocycles. The minimum Gasteiger partial charge on any atom is -0.341 e. The van der Waals surface area contributed by atoms with Crippen molar-refractivity contribution in [3.8, 4) is 0 Å². The minimum atomic E-state index is 0.179. The first-order valence-corrected chi connectivity index (χ1v) is 13.8. The van der Waals surface area contributed by atoms with Gasteiger partial charge < -0.3 is 9.47 Å². The molecular weight excluding hydrogens is 462 g/mol. The number of carbonyl (C=O) groups excluding carboxylic acids is 1. The first-order valence-electron chi connectivity index (χ1n) is 12.0. The van der Waals surface area contributed by atoms with Crippen LogP contribution in [-0.4, -0.2) is 49.4 Å². The third-order valence-corrected chi connectivity index (χ3v) is 8.78. The molecule has 0 radical (unpaired) electrons. The van der Waals surface area contributed by atoms with Crippen molar-refractivity contribution in [1.29, 1.82) is 0 Å². The van der Waals surface area contributed by atoms with Gasteiger partial charge in [-0.3, -0.25) is 4.79 Å². The van der Waals surface area contributed by atoms with Gasteiger partial charge in [-0.15, -0.1) is 21.5 Å². The fourth-order valence-corrected chi connectivity index (χ4v) is 6.59. The fraction of sp³-hybridized carbons (Fsp3) is 0.385. The lowest BCUT2D eigenvalue weighted by molar-refractivity contribution is -0.129. The van der Waals surface area contributed by atoms with Gasteiger partial charge in [0.25, 0.3) is 0 Å². The highest BCUT2D eigenvalue weighted by atomic mass is 32.2. The van der Waals surface area contributed by atoms with Gasteiger partial charge in [-0.25, -0.2) is 4.98 Å². The summed E-state index contributed by atoms with van der Waals surface area (Å²) in [6.45, 7) is 2.33. The molecule has 0 spiro atoms. The number of carbonyl (C=O) groups is 1. The van der Waals surface area contributed by atoms with Gasteiger partial charge in [0.05, 0.1) is 27.5 Å². The van der Waals surface area contributed by atoms with Crippen LogP contribution in [0.2, 0.25) is 0 Å². The lowest BCUT2D eigenvalue weighted by Crippen LogP contribution is -2.40. The van der Waals surface area contributed by atoms with Crippen LogP contribution in [0.15, 0.2) is 59.8 Å². The van der Waals surface area contributed by atoms with Crippen LogP contribution >= 0.6 is 23.1 Å². The Morgan fingerprint density at radius 3 is 2.65 bits per heavy atom. The van der Waals surface area contributed by atoms with Gasteiger partial charge in [-0.2, -0.15) is 0 Å². The largest absolute Gasteiger partial charge is 0.341 e. The average molecular weight is 490 g/mol. The maximum Gasteiger partial charge on any atom is 0.233 e.